The molecule has 1 rings (SSSR count). The van der Waals surface area contributed by atoms with Gasteiger partial charge < -0.3 is 24.8 Å². The minimum absolute atomic E-state index is 0.175. The van der Waals surface area contributed by atoms with Crippen LogP contribution < -0.4 is 0 Å². The molecule has 1 aliphatic rings. The zero-order chi connectivity index (χ0) is 9.90. The average Bonchev–Trinajstić information content (AvgIpc) is 2.45. The number of rotatable bonds is 4. The van der Waals surface area contributed by atoms with Crippen LogP contribution in [0.1, 0.15) is 13.3 Å². The fourth-order valence-electron chi connectivity index (χ4n) is 1.51. The Morgan fingerprint density at radius 3 is 2.62 bits per heavy atom. The summed E-state index contributed by atoms with van der Waals surface area (Å²) in [6.07, 6.45) is -1.04. The molecule has 0 aliphatic carbocycles. The molecule has 0 bridgehead atoms. The Balaban J connectivity index is 2.64. The van der Waals surface area contributed by atoms with Crippen molar-refractivity contribution in [2.75, 3.05) is 19.8 Å². The molecule has 2 unspecified atom stereocenters. The third-order valence-electron chi connectivity index (χ3n) is 2.17. The van der Waals surface area contributed by atoms with Crippen molar-refractivity contribution in [1.29, 1.82) is 0 Å². The summed E-state index contributed by atoms with van der Waals surface area (Å²) in [4.78, 5) is 0. The first-order valence-electron chi connectivity index (χ1n) is 4.40. The van der Waals surface area contributed by atoms with Gasteiger partial charge in [0, 0.05) is 13.0 Å². The van der Waals surface area contributed by atoms with E-state index >= 15 is 0 Å². The first-order valence-corrected chi connectivity index (χ1v) is 4.40. The van der Waals surface area contributed by atoms with E-state index in [1.807, 2.05) is 0 Å². The lowest BCUT2D eigenvalue weighted by Gasteiger charge is -2.29. The lowest BCUT2D eigenvalue weighted by atomic mass is 10.1. The van der Waals surface area contributed by atoms with Gasteiger partial charge in [0.1, 0.15) is 6.10 Å². The van der Waals surface area contributed by atoms with Crippen LogP contribution >= 0.6 is 0 Å². The fraction of sp³-hybridized carbons (Fsp3) is 1.00. The van der Waals surface area contributed by atoms with Crippen LogP contribution in [0.2, 0.25) is 0 Å². The molecular formula is C8H16O5. The van der Waals surface area contributed by atoms with Crippen LogP contribution in [0.25, 0.3) is 0 Å². The Bertz CT molecular complexity index is 163. The van der Waals surface area contributed by atoms with Crippen molar-refractivity contribution >= 4 is 0 Å². The van der Waals surface area contributed by atoms with Gasteiger partial charge in [-0.1, -0.05) is 0 Å². The minimum atomic E-state index is -1.33. The first-order chi connectivity index (χ1) is 6.18. The topological polar surface area (TPSA) is 79.2 Å². The Hall–Kier alpha value is -0.200. The van der Waals surface area contributed by atoms with Gasteiger partial charge in [-0.2, -0.15) is 0 Å². The van der Waals surface area contributed by atoms with Crippen LogP contribution in [0.15, 0.2) is 0 Å². The molecule has 0 amide bonds. The van der Waals surface area contributed by atoms with Crippen LogP contribution in [0.5, 0.6) is 0 Å². The predicted molar refractivity (Wildman–Crippen MR) is 44.0 cm³/mol. The van der Waals surface area contributed by atoms with Gasteiger partial charge in [-0.15, -0.1) is 0 Å². The second kappa shape index (κ2) is 4.34. The van der Waals surface area contributed by atoms with Crippen LogP contribution in [-0.2, 0) is 9.47 Å². The van der Waals surface area contributed by atoms with E-state index in [4.69, 9.17) is 19.7 Å². The quantitative estimate of drug-likeness (QED) is 0.524. The number of hydrogen-bond donors (Lipinski definition) is 3. The van der Waals surface area contributed by atoms with Crippen LogP contribution in [0.4, 0.5) is 0 Å². The van der Waals surface area contributed by atoms with Gasteiger partial charge in [0.15, 0.2) is 0 Å². The van der Waals surface area contributed by atoms with Crippen molar-refractivity contribution in [3.63, 3.8) is 0 Å². The number of ether oxygens (including phenoxy) is 2. The van der Waals surface area contributed by atoms with Gasteiger partial charge in [-0.05, 0) is 6.92 Å². The van der Waals surface area contributed by atoms with Gasteiger partial charge in [0.25, 0.3) is 0 Å². The van der Waals surface area contributed by atoms with E-state index in [2.05, 4.69) is 0 Å². The third kappa shape index (κ3) is 2.00. The summed E-state index contributed by atoms with van der Waals surface area (Å²) >= 11 is 0. The normalized spacial score (nSPS) is 39.7. The molecule has 0 radical (unpaired) electrons. The zero-order valence-corrected chi connectivity index (χ0v) is 7.64. The van der Waals surface area contributed by atoms with E-state index in [0.717, 1.165) is 0 Å². The largest absolute Gasteiger partial charge is 0.394 e. The molecule has 0 aromatic heterocycles. The highest BCUT2D eigenvalue weighted by Gasteiger charge is 2.48. The molecule has 0 saturated carbocycles. The average molecular weight is 192 g/mol. The first kappa shape index (κ1) is 10.9. The summed E-state index contributed by atoms with van der Waals surface area (Å²) < 4.78 is 10.4. The molecule has 1 heterocycles. The Kier molecular flexibility index (Phi) is 3.63. The summed E-state index contributed by atoms with van der Waals surface area (Å²) in [5.41, 5.74) is 0. The molecule has 3 atom stereocenters. The number of aliphatic hydroxyl groups is 3. The summed E-state index contributed by atoms with van der Waals surface area (Å²) in [5.74, 6) is -1.33. The predicted octanol–water partition coefficient (Wildman–Crippen LogP) is -1.15. The monoisotopic (exact) mass is 192 g/mol. The highest BCUT2D eigenvalue weighted by atomic mass is 16.7. The maximum atomic E-state index is 9.55. The molecule has 1 fully saturated rings. The standard InChI is InChI=1S/C8H16O5/c1-2-12-8(5-10)7(11)3-6(4-9)13-8/h6-7,9-11H,2-5H2,1H3/t6-,7?,8?/m0/s1. The number of aliphatic hydroxyl groups excluding tert-OH is 3. The van der Waals surface area contributed by atoms with Crippen LogP contribution in [0, 0.1) is 0 Å². The molecule has 0 spiro atoms. The Labute approximate surface area is 76.9 Å². The van der Waals surface area contributed by atoms with E-state index in [1.54, 1.807) is 6.92 Å². The summed E-state index contributed by atoms with van der Waals surface area (Å²) in [5, 5.41) is 27.4. The zero-order valence-electron chi connectivity index (χ0n) is 7.64. The van der Waals surface area contributed by atoms with Crippen molar-refractivity contribution in [3.05, 3.63) is 0 Å². The van der Waals surface area contributed by atoms with Gasteiger partial charge >= 0.3 is 0 Å². The summed E-state index contributed by atoms with van der Waals surface area (Å²) in [6, 6.07) is 0. The highest BCUT2D eigenvalue weighted by molar-refractivity contribution is 4.89. The maximum absolute atomic E-state index is 9.55. The molecule has 78 valence electrons. The second-order valence-electron chi connectivity index (χ2n) is 3.08. The maximum Gasteiger partial charge on any atom is 0.218 e. The minimum Gasteiger partial charge on any atom is -0.394 e. The Morgan fingerprint density at radius 1 is 1.54 bits per heavy atom. The van der Waals surface area contributed by atoms with E-state index in [9.17, 15) is 5.11 Å². The lowest BCUT2D eigenvalue weighted by Crippen LogP contribution is -2.46. The summed E-state index contributed by atoms with van der Waals surface area (Å²) in [6.45, 7) is 1.51. The van der Waals surface area contributed by atoms with Crippen LogP contribution in [-0.4, -0.2) is 53.1 Å². The van der Waals surface area contributed by atoms with Crippen molar-refractivity contribution in [2.24, 2.45) is 0 Å². The second-order valence-corrected chi connectivity index (χ2v) is 3.08. The molecule has 0 aromatic rings. The molecule has 5 nitrogen and oxygen atoms in total. The van der Waals surface area contributed by atoms with Gasteiger partial charge in [0.2, 0.25) is 5.79 Å². The molecule has 13 heavy (non-hydrogen) atoms. The molecule has 0 aromatic carbocycles. The number of hydrogen-bond acceptors (Lipinski definition) is 5. The molecule has 1 saturated heterocycles. The van der Waals surface area contributed by atoms with Crippen molar-refractivity contribution < 1.29 is 24.8 Å². The van der Waals surface area contributed by atoms with Gasteiger partial charge in [-0.3, -0.25) is 0 Å². The van der Waals surface area contributed by atoms with Crippen LogP contribution in [0.3, 0.4) is 0 Å². The Morgan fingerprint density at radius 2 is 2.23 bits per heavy atom. The van der Waals surface area contributed by atoms with Crippen molar-refractivity contribution in [1.82, 2.24) is 0 Å². The fourth-order valence-corrected chi connectivity index (χ4v) is 1.51. The molecular weight excluding hydrogens is 176 g/mol. The van der Waals surface area contributed by atoms with E-state index < -0.39 is 24.6 Å². The van der Waals surface area contributed by atoms with Gasteiger partial charge in [-0.25, -0.2) is 0 Å². The SMILES string of the molecule is CCOC1(CO)O[C@H](CO)CC1O. The van der Waals surface area contributed by atoms with E-state index in [1.165, 1.54) is 0 Å². The molecule has 1 aliphatic heterocycles. The smallest absolute Gasteiger partial charge is 0.218 e. The van der Waals surface area contributed by atoms with E-state index in [-0.39, 0.29) is 13.0 Å². The highest BCUT2D eigenvalue weighted by Crippen LogP contribution is 2.31. The van der Waals surface area contributed by atoms with Crippen molar-refractivity contribution in [2.45, 2.75) is 31.3 Å². The van der Waals surface area contributed by atoms with Gasteiger partial charge in [0.05, 0.1) is 19.3 Å². The molecule has 3 N–H and O–H groups in total. The summed E-state index contributed by atoms with van der Waals surface area (Å²) in [7, 11) is 0. The third-order valence-corrected chi connectivity index (χ3v) is 2.17. The van der Waals surface area contributed by atoms with Crippen molar-refractivity contribution in [3.8, 4) is 0 Å². The van der Waals surface area contributed by atoms with E-state index in [0.29, 0.717) is 6.61 Å². The lowest BCUT2D eigenvalue weighted by molar-refractivity contribution is -0.273. The molecule has 5 heteroatoms.